The van der Waals surface area contributed by atoms with Crippen molar-refractivity contribution in [2.75, 3.05) is 26.2 Å². The maximum Gasteiger partial charge on any atom is 0.289 e. The third-order valence-electron chi connectivity index (χ3n) is 4.15. The number of benzene rings is 1. The molecule has 1 fully saturated rings. The van der Waals surface area contributed by atoms with Crippen LogP contribution in [0, 0.1) is 6.92 Å². The molecule has 1 saturated heterocycles. The summed E-state index contributed by atoms with van der Waals surface area (Å²) in [7, 11) is 0. The van der Waals surface area contributed by atoms with Gasteiger partial charge in [-0.05, 0) is 53.5 Å². The van der Waals surface area contributed by atoms with Gasteiger partial charge in [-0.1, -0.05) is 17.7 Å². The molecule has 0 unspecified atom stereocenters. The molecule has 0 saturated carbocycles. The van der Waals surface area contributed by atoms with E-state index in [4.69, 9.17) is 4.42 Å². The Labute approximate surface area is 149 Å². The van der Waals surface area contributed by atoms with Gasteiger partial charge in [-0.25, -0.2) is 0 Å². The number of carbonyl (C=O) groups is 2. The van der Waals surface area contributed by atoms with E-state index in [9.17, 15) is 9.59 Å². The predicted octanol–water partition coefficient (Wildman–Crippen LogP) is 3.34. The van der Waals surface area contributed by atoms with E-state index >= 15 is 0 Å². The number of amides is 2. The van der Waals surface area contributed by atoms with E-state index in [0.29, 0.717) is 42.2 Å². The number of nitrogens with zero attached hydrogens (tertiary/aromatic N) is 2. The van der Waals surface area contributed by atoms with Crippen molar-refractivity contribution in [2.45, 2.75) is 13.3 Å². The van der Waals surface area contributed by atoms with E-state index in [1.165, 1.54) is 0 Å². The van der Waals surface area contributed by atoms with Crippen molar-refractivity contribution in [3.8, 4) is 0 Å². The predicted molar refractivity (Wildman–Crippen MR) is 94.0 cm³/mol. The van der Waals surface area contributed by atoms with Crippen molar-refractivity contribution in [3.05, 3.63) is 58.0 Å². The molecular formula is C18H19BrN2O3. The fourth-order valence-corrected chi connectivity index (χ4v) is 3.09. The third kappa shape index (κ3) is 3.70. The Morgan fingerprint density at radius 3 is 2.12 bits per heavy atom. The minimum Gasteiger partial charge on any atom is -0.444 e. The zero-order chi connectivity index (χ0) is 17.1. The lowest BCUT2D eigenvalue weighted by Crippen LogP contribution is -2.37. The fraction of sp³-hybridized carbons (Fsp3) is 0.333. The Bertz CT molecular complexity index is 739. The summed E-state index contributed by atoms with van der Waals surface area (Å²) in [4.78, 5) is 28.6. The molecular weight excluding hydrogens is 372 g/mol. The van der Waals surface area contributed by atoms with Crippen molar-refractivity contribution >= 4 is 27.7 Å². The van der Waals surface area contributed by atoms with Crippen LogP contribution in [-0.2, 0) is 0 Å². The largest absolute Gasteiger partial charge is 0.444 e. The molecule has 126 valence electrons. The van der Waals surface area contributed by atoms with Crippen LogP contribution in [0.1, 0.15) is 32.9 Å². The van der Waals surface area contributed by atoms with Crippen LogP contribution in [0.15, 0.2) is 45.5 Å². The van der Waals surface area contributed by atoms with Gasteiger partial charge in [0, 0.05) is 31.7 Å². The maximum atomic E-state index is 12.6. The van der Waals surface area contributed by atoms with Gasteiger partial charge in [0.1, 0.15) is 0 Å². The Balaban J connectivity index is 1.65. The topological polar surface area (TPSA) is 53.8 Å². The smallest absolute Gasteiger partial charge is 0.289 e. The van der Waals surface area contributed by atoms with Crippen LogP contribution in [0.4, 0.5) is 0 Å². The molecule has 3 rings (SSSR count). The second-order valence-corrected chi connectivity index (χ2v) is 6.69. The Hall–Kier alpha value is -2.08. The van der Waals surface area contributed by atoms with Crippen LogP contribution < -0.4 is 0 Å². The van der Waals surface area contributed by atoms with E-state index in [1.807, 2.05) is 36.1 Å². The number of halogens is 1. The summed E-state index contributed by atoms with van der Waals surface area (Å²) in [6.07, 6.45) is 0.755. The molecule has 5 nitrogen and oxygen atoms in total. The molecule has 1 aromatic carbocycles. The lowest BCUT2D eigenvalue weighted by molar-refractivity contribution is 0.0699. The summed E-state index contributed by atoms with van der Waals surface area (Å²) in [5.74, 6) is 0.204. The van der Waals surface area contributed by atoms with Crippen molar-refractivity contribution in [3.63, 3.8) is 0 Å². The molecule has 1 aromatic heterocycles. The summed E-state index contributed by atoms with van der Waals surface area (Å²) >= 11 is 3.21. The zero-order valence-electron chi connectivity index (χ0n) is 13.5. The summed E-state index contributed by atoms with van der Waals surface area (Å²) < 4.78 is 5.88. The van der Waals surface area contributed by atoms with Gasteiger partial charge < -0.3 is 14.2 Å². The minimum atomic E-state index is -0.134. The van der Waals surface area contributed by atoms with E-state index < -0.39 is 0 Å². The van der Waals surface area contributed by atoms with Gasteiger partial charge in [-0.15, -0.1) is 0 Å². The standard InChI is InChI=1S/C18H19BrN2O3/c1-13-3-5-14(6-4-13)17(22)20-9-2-10-21(12-11-20)18(23)15-7-8-16(19)24-15/h3-8H,2,9-12H2,1H3. The first kappa shape index (κ1) is 16.8. The van der Waals surface area contributed by atoms with Gasteiger partial charge in [0.2, 0.25) is 0 Å². The number of furan rings is 1. The molecule has 2 heterocycles. The molecule has 1 aliphatic rings. The van der Waals surface area contributed by atoms with Gasteiger partial charge in [0.05, 0.1) is 0 Å². The summed E-state index contributed by atoms with van der Waals surface area (Å²) in [5, 5.41) is 0. The first-order chi connectivity index (χ1) is 11.5. The quantitative estimate of drug-likeness (QED) is 0.789. The Morgan fingerprint density at radius 1 is 0.917 bits per heavy atom. The van der Waals surface area contributed by atoms with Crippen LogP contribution in [0.25, 0.3) is 0 Å². The number of hydrogen-bond acceptors (Lipinski definition) is 3. The highest BCUT2D eigenvalue weighted by Gasteiger charge is 2.24. The van der Waals surface area contributed by atoms with Crippen LogP contribution in [0.5, 0.6) is 0 Å². The molecule has 0 aliphatic carbocycles. The molecule has 2 aromatic rings. The molecule has 0 radical (unpaired) electrons. The fourth-order valence-electron chi connectivity index (χ4n) is 2.79. The molecule has 24 heavy (non-hydrogen) atoms. The van der Waals surface area contributed by atoms with E-state index in [0.717, 1.165) is 12.0 Å². The van der Waals surface area contributed by atoms with Crippen LogP contribution in [0.2, 0.25) is 0 Å². The van der Waals surface area contributed by atoms with Crippen molar-refractivity contribution < 1.29 is 14.0 Å². The lowest BCUT2D eigenvalue weighted by atomic mass is 10.1. The minimum absolute atomic E-state index is 0.0186. The highest BCUT2D eigenvalue weighted by molar-refractivity contribution is 9.10. The SMILES string of the molecule is Cc1ccc(C(=O)N2CCCN(C(=O)c3ccc(Br)o3)CC2)cc1. The Morgan fingerprint density at radius 2 is 1.54 bits per heavy atom. The first-order valence-corrected chi connectivity index (χ1v) is 8.74. The molecule has 6 heteroatoms. The van der Waals surface area contributed by atoms with Gasteiger partial charge in [-0.3, -0.25) is 9.59 Å². The zero-order valence-corrected chi connectivity index (χ0v) is 15.1. The molecule has 1 aliphatic heterocycles. The molecule has 2 amide bonds. The van der Waals surface area contributed by atoms with E-state index in [-0.39, 0.29) is 11.8 Å². The average molecular weight is 391 g/mol. The normalized spacial score (nSPS) is 15.2. The number of carbonyl (C=O) groups excluding carboxylic acids is 2. The number of rotatable bonds is 2. The maximum absolute atomic E-state index is 12.6. The average Bonchev–Trinajstić information content (AvgIpc) is 2.87. The number of hydrogen-bond donors (Lipinski definition) is 0. The van der Waals surface area contributed by atoms with Crippen LogP contribution in [-0.4, -0.2) is 47.8 Å². The second-order valence-electron chi connectivity index (χ2n) is 5.91. The first-order valence-electron chi connectivity index (χ1n) is 7.95. The van der Waals surface area contributed by atoms with Crippen LogP contribution in [0.3, 0.4) is 0 Å². The summed E-state index contributed by atoms with van der Waals surface area (Å²) in [6.45, 7) is 4.30. The summed E-state index contributed by atoms with van der Waals surface area (Å²) in [6, 6.07) is 11.0. The van der Waals surface area contributed by atoms with Gasteiger partial charge in [-0.2, -0.15) is 0 Å². The van der Waals surface area contributed by atoms with Gasteiger partial charge in [0.15, 0.2) is 10.4 Å². The second kappa shape index (κ2) is 7.21. The number of aryl methyl sites for hydroxylation is 1. The van der Waals surface area contributed by atoms with Crippen LogP contribution >= 0.6 is 15.9 Å². The summed E-state index contributed by atoms with van der Waals surface area (Å²) in [5.41, 5.74) is 1.82. The van der Waals surface area contributed by atoms with Gasteiger partial charge >= 0.3 is 0 Å². The molecule has 0 atom stereocenters. The molecule has 0 spiro atoms. The van der Waals surface area contributed by atoms with Gasteiger partial charge in [0.25, 0.3) is 11.8 Å². The third-order valence-corrected chi connectivity index (χ3v) is 4.58. The highest BCUT2D eigenvalue weighted by Crippen LogP contribution is 2.17. The molecule has 0 bridgehead atoms. The van der Waals surface area contributed by atoms with Crippen molar-refractivity contribution in [2.24, 2.45) is 0 Å². The van der Waals surface area contributed by atoms with Crippen molar-refractivity contribution in [1.29, 1.82) is 0 Å². The highest BCUT2D eigenvalue weighted by atomic mass is 79.9. The monoisotopic (exact) mass is 390 g/mol. The van der Waals surface area contributed by atoms with E-state index in [1.54, 1.807) is 17.0 Å². The lowest BCUT2D eigenvalue weighted by Gasteiger charge is -2.21. The van der Waals surface area contributed by atoms with E-state index in [2.05, 4.69) is 15.9 Å². The van der Waals surface area contributed by atoms with Crippen molar-refractivity contribution in [1.82, 2.24) is 9.80 Å². The molecule has 0 N–H and O–H groups in total. The Kier molecular flexibility index (Phi) is 5.04.